The van der Waals surface area contributed by atoms with Crippen LogP contribution in [0.5, 0.6) is 5.75 Å². The second kappa shape index (κ2) is 9.76. The highest BCUT2D eigenvalue weighted by molar-refractivity contribution is 6.33. The molecule has 0 saturated carbocycles. The van der Waals surface area contributed by atoms with E-state index in [1.165, 1.54) is 13.3 Å². The highest BCUT2D eigenvalue weighted by atomic mass is 35.5. The van der Waals surface area contributed by atoms with Crippen LogP contribution >= 0.6 is 11.6 Å². The van der Waals surface area contributed by atoms with Crippen molar-refractivity contribution >= 4 is 29.7 Å². The first kappa shape index (κ1) is 21.1. The maximum absolute atomic E-state index is 12.2. The number of nitrogens with one attached hydrogen (secondary N) is 1. The molecule has 0 bridgehead atoms. The van der Waals surface area contributed by atoms with Gasteiger partial charge in [0.2, 0.25) is 0 Å². The van der Waals surface area contributed by atoms with Gasteiger partial charge in [-0.05, 0) is 49.4 Å². The maximum atomic E-state index is 12.2. The second-order valence-electron chi connectivity index (χ2n) is 6.02. The minimum absolute atomic E-state index is 0.251. The molecule has 0 aliphatic carbocycles. The highest BCUT2D eigenvalue weighted by Crippen LogP contribution is 2.27. The van der Waals surface area contributed by atoms with Gasteiger partial charge in [-0.2, -0.15) is 5.10 Å². The van der Waals surface area contributed by atoms with Gasteiger partial charge < -0.3 is 13.9 Å². The monoisotopic (exact) mass is 426 g/mol. The van der Waals surface area contributed by atoms with Crippen LogP contribution in [0, 0.1) is 0 Å². The molecule has 0 saturated heterocycles. The number of hydrogen-bond donors (Lipinski definition) is 1. The van der Waals surface area contributed by atoms with Gasteiger partial charge >= 0.3 is 5.97 Å². The van der Waals surface area contributed by atoms with Crippen LogP contribution in [0.25, 0.3) is 11.3 Å². The number of furan rings is 1. The van der Waals surface area contributed by atoms with Gasteiger partial charge in [0.15, 0.2) is 0 Å². The molecule has 0 fully saturated rings. The largest absolute Gasteiger partial charge is 0.496 e. The van der Waals surface area contributed by atoms with Crippen molar-refractivity contribution < 1.29 is 23.5 Å². The summed E-state index contributed by atoms with van der Waals surface area (Å²) in [5.74, 6) is 0.460. The topological polar surface area (TPSA) is 90.1 Å². The number of ether oxygens (including phenoxy) is 2. The number of nitrogens with zero attached hydrogens (tertiary/aromatic N) is 1. The molecular weight excluding hydrogens is 408 g/mol. The number of para-hydroxylation sites is 1. The minimum atomic E-state index is -0.503. The van der Waals surface area contributed by atoms with Crippen LogP contribution < -0.4 is 10.2 Å². The highest BCUT2D eigenvalue weighted by Gasteiger charge is 2.14. The van der Waals surface area contributed by atoms with Crippen LogP contribution in [0.2, 0.25) is 5.02 Å². The van der Waals surface area contributed by atoms with E-state index >= 15 is 0 Å². The first-order valence-electron chi connectivity index (χ1n) is 9.06. The lowest BCUT2D eigenvalue weighted by Crippen LogP contribution is -2.18. The summed E-state index contributed by atoms with van der Waals surface area (Å²) < 4.78 is 15.9. The van der Waals surface area contributed by atoms with Crippen LogP contribution in [0.1, 0.15) is 33.4 Å². The summed E-state index contributed by atoms with van der Waals surface area (Å²) in [4.78, 5) is 24.3. The van der Waals surface area contributed by atoms with Crippen LogP contribution in [0.4, 0.5) is 0 Å². The van der Waals surface area contributed by atoms with Crippen molar-refractivity contribution in [2.24, 2.45) is 5.10 Å². The molecule has 154 valence electrons. The fourth-order valence-electron chi connectivity index (χ4n) is 2.67. The van der Waals surface area contributed by atoms with Gasteiger partial charge in [-0.1, -0.05) is 23.7 Å². The molecule has 30 heavy (non-hydrogen) atoms. The summed E-state index contributed by atoms with van der Waals surface area (Å²) in [5, 5.41) is 4.21. The van der Waals surface area contributed by atoms with Crippen molar-refractivity contribution in [1.82, 2.24) is 5.43 Å². The number of halogens is 1. The van der Waals surface area contributed by atoms with Gasteiger partial charge in [-0.15, -0.1) is 0 Å². The third kappa shape index (κ3) is 4.87. The summed E-state index contributed by atoms with van der Waals surface area (Å²) >= 11 is 6.09. The van der Waals surface area contributed by atoms with Crippen LogP contribution in [0.15, 0.2) is 64.1 Å². The van der Waals surface area contributed by atoms with E-state index in [0.717, 1.165) is 0 Å². The van der Waals surface area contributed by atoms with Crippen molar-refractivity contribution in [3.05, 3.63) is 76.5 Å². The number of carbonyl (C=O) groups excluding carboxylic acids is 2. The number of hydrazone groups is 1. The van der Waals surface area contributed by atoms with Crippen LogP contribution in [0.3, 0.4) is 0 Å². The van der Waals surface area contributed by atoms with E-state index in [0.29, 0.717) is 33.4 Å². The quantitative estimate of drug-likeness (QED) is 0.340. The molecule has 0 spiro atoms. The number of hydrogen-bond acceptors (Lipinski definition) is 6. The Morgan fingerprint density at radius 1 is 1.13 bits per heavy atom. The zero-order valence-electron chi connectivity index (χ0n) is 16.3. The van der Waals surface area contributed by atoms with E-state index < -0.39 is 11.9 Å². The SMILES string of the molecule is CCOC(=O)c1cc(-c2ccc(/C=N\NC(=O)c3ccccc3OC)o2)ccc1Cl. The fourth-order valence-corrected chi connectivity index (χ4v) is 2.86. The van der Waals surface area contributed by atoms with Crippen LogP contribution in [-0.4, -0.2) is 31.8 Å². The zero-order chi connectivity index (χ0) is 21.5. The van der Waals surface area contributed by atoms with E-state index in [-0.39, 0.29) is 12.2 Å². The number of benzene rings is 2. The van der Waals surface area contributed by atoms with E-state index in [2.05, 4.69) is 10.5 Å². The lowest BCUT2D eigenvalue weighted by molar-refractivity contribution is 0.0526. The van der Waals surface area contributed by atoms with Gasteiger partial charge in [0.25, 0.3) is 5.91 Å². The molecular formula is C22H19ClN2O5. The summed E-state index contributed by atoms with van der Waals surface area (Å²) in [6.45, 7) is 1.97. The Kier molecular flexibility index (Phi) is 6.87. The van der Waals surface area contributed by atoms with Gasteiger partial charge in [0.05, 0.1) is 36.1 Å². The molecule has 8 heteroatoms. The van der Waals surface area contributed by atoms with E-state index in [1.807, 2.05) is 0 Å². The number of methoxy groups -OCH3 is 1. The molecule has 0 atom stereocenters. The molecule has 1 heterocycles. The molecule has 0 aliphatic heterocycles. The Morgan fingerprint density at radius 3 is 2.70 bits per heavy atom. The average molecular weight is 427 g/mol. The van der Waals surface area contributed by atoms with Crippen molar-refractivity contribution in [2.75, 3.05) is 13.7 Å². The van der Waals surface area contributed by atoms with Gasteiger partial charge in [0, 0.05) is 5.56 Å². The summed E-state index contributed by atoms with van der Waals surface area (Å²) in [7, 11) is 1.49. The maximum Gasteiger partial charge on any atom is 0.339 e. The second-order valence-corrected chi connectivity index (χ2v) is 6.42. The molecule has 1 aromatic heterocycles. The Morgan fingerprint density at radius 2 is 1.93 bits per heavy atom. The third-order valence-corrected chi connectivity index (χ3v) is 4.41. The van der Waals surface area contributed by atoms with Crippen molar-refractivity contribution in [2.45, 2.75) is 6.92 Å². The first-order valence-corrected chi connectivity index (χ1v) is 9.44. The predicted octanol–water partition coefficient (Wildman–Crippen LogP) is 4.55. The van der Waals surface area contributed by atoms with E-state index in [1.54, 1.807) is 61.5 Å². The molecule has 3 rings (SSSR count). The standard InChI is InChI=1S/C22H19ClN2O5/c1-3-29-22(27)17-12-14(8-10-18(17)23)19-11-9-15(30-19)13-24-25-21(26)16-6-4-5-7-20(16)28-2/h4-13H,3H2,1-2H3,(H,25,26)/b24-13-. The number of carbonyl (C=O) groups is 2. The van der Waals surface area contributed by atoms with Crippen LogP contribution in [-0.2, 0) is 4.74 Å². The molecule has 7 nitrogen and oxygen atoms in total. The molecule has 0 unspecified atom stereocenters. The van der Waals surface area contributed by atoms with Gasteiger partial charge in [-0.3, -0.25) is 4.79 Å². The number of rotatable bonds is 7. The Bertz CT molecular complexity index is 1090. The normalized spacial score (nSPS) is 10.8. The molecule has 0 aliphatic rings. The smallest absolute Gasteiger partial charge is 0.339 e. The molecule has 2 aromatic carbocycles. The van der Waals surface area contributed by atoms with Gasteiger partial charge in [-0.25, -0.2) is 10.2 Å². The summed E-state index contributed by atoms with van der Waals surface area (Å²) in [6.07, 6.45) is 1.37. The third-order valence-electron chi connectivity index (χ3n) is 4.08. The van der Waals surface area contributed by atoms with E-state index in [9.17, 15) is 9.59 Å². The summed E-state index contributed by atoms with van der Waals surface area (Å²) in [6, 6.07) is 15.2. The fraction of sp³-hybridized carbons (Fsp3) is 0.136. The number of amides is 1. The van der Waals surface area contributed by atoms with Gasteiger partial charge in [0.1, 0.15) is 17.3 Å². The summed E-state index contributed by atoms with van der Waals surface area (Å²) in [5.41, 5.74) is 3.70. The Balaban J connectivity index is 1.72. The van der Waals surface area contributed by atoms with Crippen molar-refractivity contribution in [3.8, 4) is 17.1 Å². The zero-order valence-corrected chi connectivity index (χ0v) is 17.1. The Labute approximate surface area is 178 Å². The molecule has 1 amide bonds. The Hall–Kier alpha value is -3.58. The van der Waals surface area contributed by atoms with Crippen molar-refractivity contribution in [3.63, 3.8) is 0 Å². The first-order chi connectivity index (χ1) is 14.5. The molecule has 1 N–H and O–H groups in total. The molecule has 3 aromatic rings. The lowest BCUT2D eigenvalue weighted by Gasteiger charge is -2.06. The van der Waals surface area contributed by atoms with Crippen molar-refractivity contribution in [1.29, 1.82) is 0 Å². The minimum Gasteiger partial charge on any atom is -0.496 e. The molecule has 0 radical (unpaired) electrons. The predicted molar refractivity (Wildman–Crippen MR) is 113 cm³/mol. The average Bonchev–Trinajstić information content (AvgIpc) is 3.23. The van der Waals surface area contributed by atoms with E-state index in [4.69, 9.17) is 25.5 Å². The lowest BCUT2D eigenvalue weighted by atomic mass is 10.1. The number of esters is 1.